The van der Waals surface area contributed by atoms with E-state index in [-0.39, 0.29) is 0 Å². The molecule has 0 aromatic carbocycles. The van der Waals surface area contributed by atoms with Gasteiger partial charge >= 0.3 is 0 Å². The first-order valence-electron chi connectivity index (χ1n) is 6.63. The van der Waals surface area contributed by atoms with E-state index in [0.717, 1.165) is 11.8 Å². The second kappa shape index (κ2) is 5.31. The summed E-state index contributed by atoms with van der Waals surface area (Å²) < 4.78 is 0. The zero-order chi connectivity index (χ0) is 10.7. The van der Waals surface area contributed by atoms with Gasteiger partial charge in [0, 0.05) is 13.2 Å². The van der Waals surface area contributed by atoms with Crippen molar-refractivity contribution < 1.29 is 5.11 Å². The molecule has 2 unspecified atom stereocenters. The van der Waals surface area contributed by atoms with Gasteiger partial charge in [0.25, 0.3) is 0 Å². The predicted molar refractivity (Wildman–Crippen MR) is 62.8 cm³/mol. The standard InChI is InChI=1S/C13H25NO/c1-11-5-7-14(8-6-11)9-12-3-2-4-13(12)10-15/h11-13,15H,2-10H2,1H3. The molecular weight excluding hydrogens is 186 g/mol. The van der Waals surface area contributed by atoms with Crippen LogP contribution in [0.5, 0.6) is 0 Å². The number of rotatable bonds is 3. The largest absolute Gasteiger partial charge is 0.396 e. The molecular formula is C13H25NO. The second-order valence-corrected chi connectivity index (χ2v) is 5.62. The van der Waals surface area contributed by atoms with E-state index in [4.69, 9.17) is 0 Å². The Morgan fingerprint density at radius 2 is 1.73 bits per heavy atom. The van der Waals surface area contributed by atoms with Crippen molar-refractivity contribution in [1.82, 2.24) is 4.90 Å². The molecule has 2 nitrogen and oxygen atoms in total. The number of nitrogens with zero attached hydrogens (tertiary/aromatic N) is 1. The number of aliphatic hydroxyl groups excluding tert-OH is 1. The van der Waals surface area contributed by atoms with E-state index >= 15 is 0 Å². The van der Waals surface area contributed by atoms with Crippen LogP contribution in [0.4, 0.5) is 0 Å². The third-order valence-electron chi connectivity index (χ3n) is 4.42. The fourth-order valence-electron chi connectivity index (χ4n) is 3.17. The predicted octanol–water partition coefficient (Wildman–Crippen LogP) is 2.13. The fourth-order valence-corrected chi connectivity index (χ4v) is 3.17. The highest BCUT2D eigenvalue weighted by molar-refractivity contribution is 4.81. The molecule has 2 heteroatoms. The quantitative estimate of drug-likeness (QED) is 0.773. The molecule has 15 heavy (non-hydrogen) atoms. The van der Waals surface area contributed by atoms with E-state index in [0.29, 0.717) is 12.5 Å². The second-order valence-electron chi connectivity index (χ2n) is 5.62. The summed E-state index contributed by atoms with van der Waals surface area (Å²) >= 11 is 0. The Hall–Kier alpha value is -0.0800. The summed E-state index contributed by atoms with van der Waals surface area (Å²) in [6, 6.07) is 0. The van der Waals surface area contributed by atoms with Crippen LogP contribution in [-0.2, 0) is 0 Å². The highest BCUT2D eigenvalue weighted by Gasteiger charge is 2.29. The molecule has 0 aromatic rings. The molecule has 0 amide bonds. The van der Waals surface area contributed by atoms with Crippen molar-refractivity contribution in [2.45, 2.75) is 39.0 Å². The summed E-state index contributed by atoms with van der Waals surface area (Å²) in [5.41, 5.74) is 0. The van der Waals surface area contributed by atoms with Crippen molar-refractivity contribution in [1.29, 1.82) is 0 Å². The lowest BCUT2D eigenvalue weighted by atomic mass is 9.93. The topological polar surface area (TPSA) is 23.5 Å². The lowest BCUT2D eigenvalue weighted by molar-refractivity contribution is 0.127. The molecule has 1 heterocycles. The normalized spacial score (nSPS) is 34.8. The van der Waals surface area contributed by atoms with Gasteiger partial charge in [0.05, 0.1) is 0 Å². The van der Waals surface area contributed by atoms with Crippen LogP contribution in [0.3, 0.4) is 0 Å². The summed E-state index contributed by atoms with van der Waals surface area (Å²) in [5.74, 6) is 2.31. The molecule has 2 atom stereocenters. The van der Waals surface area contributed by atoms with Crippen molar-refractivity contribution >= 4 is 0 Å². The third-order valence-corrected chi connectivity index (χ3v) is 4.42. The average Bonchev–Trinajstić information content (AvgIpc) is 2.69. The molecule has 0 aromatic heterocycles. The summed E-state index contributed by atoms with van der Waals surface area (Å²) in [6.07, 6.45) is 6.68. The van der Waals surface area contributed by atoms with Crippen molar-refractivity contribution in [2.24, 2.45) is 17.8 Å². The Bertz CT molecular complexity index is 187. The Morgan fingerprint density at radius 1 is 1.07 bits per heavy atom. The molecule has 0 bridgehead atoms. The van der Waals surface area contributed by atoms with Crippen LogP contribution in [0, 0.1) is 17.8 Å². The lowest BCUT2D eigenvalue weighted by Gasteiger charge is -2.33. The van der Waals surface area contributed by atoms with Crippen molar-refractivity contribution in [3.05, 3.63) is 0 Å². The van der Waals surface area contributed by atoms with E-state index < -0.39 is 0 Å². The number of likely N-dealkylation sites (tertiary alicyclic amines) is 1. The van der Waals surface area contributed by atoms with Crippen molar-refractivity contribution in [2.75, 3.05) is 26.2 Å². The highest BCUT2D eigenvalue weighted by atomic mass is 16.3. The van der Waals surface area contributed by atoms with E-state index in [1.54, 1.807) is 0 Å². The minimum Gasteiger partial charge on any atom is -0.396 e. The Morgan fingerprint density at radius 3 is 2.40 bits per heavy atom. The van der Waals surface area contributed by atoms with E-state index in [1.807, 2.05) is 0 Å². The number of aliphatic hydroxyl groups is 1. The first kappa shape index (κ1) is 11.4. The molecule has 0 radical (unpaired) electrons. The number of hydrogen-bond acceptors (Lipinski definition) is 2. The minimum absolute atomic E-state index is 0.412. The van der Waals surface area contributed by atoms with Gasteiger partial charge in [0.1, 0.15) is 0 Å². The van der Waals surface area contributed by atoms with Gasteiger partial charge in [0.15, 0.2) is 0 Å². The lowest BCUT2D eigenvalue weighted by Crippen LogP contribution is -2.37. The van der Waals surface area contributed by atoms with Gasteiger partial charge in [-0.15, -0.1) is 0 Å². The molecule has 1 aliphatic heterocycles. The first-order chi connectivity index (χ1) is 7.29. The zero-order valence-electron chi connectivity index (χ0n) is 9.99. The summed E-state index contributed by atoms with van der Waals surface area (Å²) in [7, 11) is 0. The van der Waals surface area contributed by atoms with Crippen LogP contribution in [0.1, 0.15) is 39.0 Å². The monoisotopic (exact) mass is 211 g/mol. The maximum Gasteiger partial charge on any atom is 0.0462 e. The Balaban J connectivity index is 1.76. The summed E-state index contributed by atoms with van der Waals surface area (Å²) in [6.45, 7) is 6.60. The van der Waals surface area contributed by atoms with Gasteiger partial charge in [-0.1, -0.05) is 13.3 Å². The molecule has 2 rings (SSSR count). The fraction of sp³-hybridized carbons (Fsp3) is 1.00. The maximum absolute atomic E-state index is 9.29. The number of piperidine rings is 1. The molecule has 2 fully saturated rings. The van der Waals surface area contributed by atoms with Gasteiger partial charge in [-0.05, 0) is 56.5 Å². The number of hydrogen-bond donors (Lipinski definition) is 1. The molecule has 88 valence electrons. The molecule has 1 saturated heterocycles. The van der Waals surface area contributed by atoms with Gasteiger partial charge in [0.2, 0.25) is 0 Å². The van der Waals surface area contributed by atoms with Crippen LogP contribution in [0.2, 0.25) is 0 Å². The van der Waals surface area contributed by atoms with Crippen molar-refractivity contribution in [3.8, 4) is 0 Å². The molecule has 1 N–H and O–H groups in total. The van der Waals surface area contributed by atoms with Gasteiger partial charge in [-0.3, -0.25) is 0 Å². The van der Waals surface area contributed by atoms with E-state index in [9.17, 15) is 5.11 Å². The molecule has 1 aliphatic carbocycles. The molecule has 0 spiro atoms. The third kappa shape index (κ3) is 2.94. The van der Waals surface area contributed by atoms with Crippen LogP contribution in [0.25, 0.3) is 0 Å². The van der Waals surface area contributed by atoms with E-state index in [2.05, 4.69) is 11.8 Å². The summed E-state index contributed by atoms with van der Waals surface area (Å²) in [5, 5.41) is 9.29. The smallest absolute Gasteiger partial charge is 0.0462 e. The highest BCUT2D eigenvalue weighted by Crippen LogP contribution is 2.32. The van der Waals surface area contributed by atoms with Crippen LogP contribution >= 0.6 is 0 Å². The van der Waals surface area contributed by atoms with E-state index in [1.165, 1.54) is 51.7 Å². The molecule has 1 saturated carbocycles. The molecule has 2 aliphatic rings. The average molecular weight is 211 g/mol. The van der Waals surface area contributed by atoms with Gasteiger partial charge < -0.3 is 10.0 Å². The van der Waals surface area contributed by atoms with Crippen LogP contribution in [-0.4, -0.2) is 36.2 Å². The van der Waals surface area contributed by atoms with Crippen molar-refractivity contribution in [3.63, 3.8) is 0 Å². The minimum atomic E-state index is 0.412. The Labute approximate surface area is 93.7 Å². The van der Waals surface area contributed by atoms with Crippen LogP contribution in [0.15, 0.2) is 0 Å². The SMILES string of the molecule is CC1CCN(CC2CCCC2CO)CC1. The summed E-state index contributed by atoms with van der Waals surface area (Å²) in [4.78, 5) is 2.62. The van der Waals surface area contributed by atoms with Gasteiger partial charge in [-0.2, -0.15) is 0 Å². The zero-order valence-corrected chi connectivity index (χ0v) is 9.99. The first-order valence-corrected chi connectivity index (χ1v) is 6.63. The van der Waals surface area contributed by atoms with Gasteiger partial charge in [-0.25, -0.2) is 0 Å². The van der Waals surface area contributed by atoms with Crippen LogP contribution < -0.4 is 0 Å². The Kier molecular flexibility index (Phi) is 4.04. The maximum atomic E-state index is 9.29.